The molecule has 33 heavy (non-hydrogen) atoms. The van der Waals surface area contributed by atoms with Gasteiger partial charge in [0.2, 0.25) is 5.91 Å². The molecule has 1 unspecified atom stereocenters. The molecule has 1 N–H and O–H groups in total. The van der Waals surface area contributed by atoms with Gasteiger partial charge in [0.1, 0.15) is 11.9 Å². The Hall–Kier alpha value is -3.73. The average molecular weight is 472 g/mol. The standard InChI is InChI=1S/C22H22FN5O4S/c1-12(2)24-21(29)20(15-6-5-7-17(10-15)28(31)32)27(16-9-8-13(3)18(23)11-16)22(30)19-14(4)33-26-25-19/h5-12,20H,1-4H3,(H,24,29). The number of nitro benzene ring substituents is 1. The number of rotatable bonds is 7. The molecular formula is C22H22FN5O4S. The van der Waals surface area contributed by atoms with E-state index in [4.69, 9.17) is 0 Å². The summed E-state index contributed by atoms with van der Waals surface area (Å²) >= 11 is 1.01. The topological polar surface area (TPSA) is 118 Å². The predicted octanol–water partition coefficient (Wildman–Crippen LogP) is 4.11. The summed E-state index contributed by atoms with van der Waals surface area (Å²) in [6.07, 6.45) is 0. The molecule has 1 aromatic heterocycles. The number of nitrogens with one attached hydrogen (secondary N) is 1. The summed E-state index contributed by atoms with van der Waals surface area (Å²) in [5, 5.41) is 18.0. The maximum Gasteiger partial charge on any atom is 0.281 e. The van der Waals surface area contributed by atoms with E-state index < -0.39 is 28.6 Å². The van der Waals surface area contributed by atoms with Gasteiger partial charge in [-0.25, -0.2) is 4.39 Å². The first-order valence-electron chi connectivity index (χ1n) is 10.0. The Bertz CT molecular complexity index is 1210. The van der Waals surface area contributed by atoms with Crippen LogP contribution in [-0.4, -0.2) is 32.4 Å². The van der Waals surface area contributed by atoms with Crippen LogP contribution in [0.3, 0.4) is 0 Å². The highest BCUT2D eigenvalue weighted by molar-refractivity contribution is 7.05. The van der Waals surface area contributed by atoms with Gasteiger partial charge in [-0.1, -0.05) is 22.7 Å². The van der Waals surface area contributed by atoms with Crippen LogP contribution in [0.1, 0.15) is 46.4 Å². The molecule has 0 fully saturated rings. The summed E-state index contributed by atoms with van der Waals surface area (Å²) in [6, 6.07) is 7.98. The third-order valence-electron chi connectivity index (χ3n) is 4.84. The zero-order valence-electron chi connectivity index (χ0n) is 18.4. The minimum atomic E-state index is -1.33. The van der Waals surface area contributed by atoms with E-state index in [1.54, 1.807) is 27.7 Å². The van der Waals surface area contributed by atoms with E-state index in [0.717, 1.165) is 22.5 Å². The first-order valence-corrected chi connectivity index (χ1v) is 10.8. The van der Waals surface area contributed by atoms with Crippen LogP contribution in [0.5, 0.6) is 0 Å². The molecule has 0 bridgehead atoms. The molecule has 1 atom stereocenters. The third-order valence-corrected chi connectivity index (χ3v) is 5.47. The van der Waals surface area contributed by atoms with Crippen molar-refractivity contribution in [2.24, 2.45) is 0 Å². The largest absolute Gasteiger partial charge is 0.352 e. The highest BCUT2D eigenvalue weighted by atomic mass is 32.1. The normalized spacial score (nSPS) is 11.8. The monoisotopic (exact) mass is 471 g/mol. The van der Waals surface area contributed by atoms with Gasteiger partial charge in [-0.15, -0.1) is 5.10 Å². The van der Waals surface area contributed by atoms with Gasteiger partial charge in [0.05, 0.1) is 9.80 Å². The maximum absolute atomic E-state index is 14.5. The number of carbonyl (C=O) groups excluding carboxylic acids is 2. The minimum Gasteiger partial charge on any atom is -0.352 e. The molecule has 3 rings (SSSR count). The average Bonchev–Trinajstić information content (AvgIpc) is 3.19. The second kappa shape index (κ2) is 9.82. The fourth-order valence-corrected chi connectivity index (χ4v) is 3.71. The lowest BCUT2D eigenvalue weighted by Gasteiger charge is -2.31. The summed E-state index contributed by atoms with van der Waals surface area (Å²) in [5.41, 5.74) is 0.414. The van der Waals surface area contributed by atoms with Crippen molar-refractivity contribution in [1.82, 2.24) is 14.9 Å². The number of benzene rings is 2. The molecule has 9 nitrogen and oxygen atoms in total. The molecule has 0 aliphatic carbocycles. The lowest BCUT2D eigenvalue weighted by atomic mass is 10.0. The zero-order valence-corrected chi connectivity index (χ0v) is 19.2. The van der Waals surface area contributed by atoms with Gasteiger partial charge in [0.25, 0.3) is 11.6 Å². The van der Waals surface area contributed by atoms with Crippen molar-refractivity contribution in [3.05, 3.63) is 80.1 Å². The van der Waals surface area contributed by atoms with Crippen molar-refractivity contribution >= 4 is 34.7 Å². The lowest BCUT2D eigenvalue weighted by molar-refractivity contribution is -0.384. The van der Waals surface area contributed by atoms with E-state index in [1.165, 1.54) is 36.4 Å². The molecule has 0 aliphatic rings. The number of nitrogens with zero attached hydrogens (tertiary/aromatic N) is 4. The number of hydrogen-bond donors (Lipinski definition) is 1. The fraction of sp³-hybridized carbons (Fsp3) is 0.273. The molecule has 3 aromatic rings. The molecule has 0 radical (unpaired) electrons. The summed E-state index contributed by atoms with van der Waals surface area (Å²) in [6.45, 7) is 6.72. The second-order valence-electron chi connectivity index (χ2n) is 7.70. The van der Waals surface area contributed by atoms with Gasteiger partial charge in [-0.3, -0.25) is 24.6 Å². The van der Waals surface area contributed by atoms with Gasteiger partial charge in [-0.05, 0) is 62.5 Å². The number of anilines is 1. The number of aryl methyl sites for hydroxylation is 2. The van der Waals surface area contributed by atoms with E-state index in [9.17, 15) is 24.1 Å². The number of halogens is 1. The van der Waals surface area contributed by atoms with E-state index in [0.29, 0.717) is 10.4 Å². The van der Waals surface area contributed by atoms with Crippen molar-refractivity contribution in [3.8, 4) is 0 Å². The molecule has 2 amide bonds. The molecular weight excluding hydrogens is 449 g/mol. The van der Waals surface area contributed by atoms with Crippen LogP contribution in [0.25, 0.3) is 0 Å². The van der Waals surface area contributed by atoms with Gasteiger partial charge >= 0.3 is 0 Å². The molecule has 0 spiro atoms. The number of amides is 2. The predicted molar refractivity (Wildman–Crippen MR) is 122 cm³/mol. The first kappa shape index (κ1) is 23.9. The van der Waals surface area contributed by atoms with E-state index >= 15 is 0 Å². The van der Waals surface area contributed by atoms with Crippen molar-refractivity contribution in [1.29, 1.82) is 0 Å². The Balaban J connectivity index is 2.26. The Labute approximate surface area is 193 Å². The van der Waals surface area contributed by atoms with E-state index in [-0.39, 0.29) is 28.7 Å². The van der Waals surface area contributed by atoms with Gasteiger partial charge in [0.15, 0.2) is 5.69 Å². The van der Waals surface area contributed by atoms with Crippen molar-refractivity contribution in [2.45, 2.75) is 39.8 Å². The van der Waals surface area contributed by atoms with E-state index in [2.05, 4.69) is 14.9 Å². The zero-order chi connectivity index (χ0) is 24.3. The van der Waals surface area contributed by atoms with Crippen LogP contribution in [0.4, 0.5) is 15.8 Å². The molecule has 1 heterocycles. The summed E-state index contributed by atoms with van der Waals surface area (Å²) in [7, 11) is 0. The number of aromatic nitrogens is 2. The Morgan fingerprint density at radius 1 is 1.18 bits per heavy atom. The number of non-ortho nitro benzene ring substituents is 1. The minimum absolute atomic E-state index is 0.00811. The number of hydrogen-bond acceptors (Lipinski definition) is 7. The SMILES string of the molecule is Cc1ccc(N(C(=O)c2nnsc2C)C(C(=O)NC(C)C)c2cccc([N+](=O)[O-])c2)cc1F. The molecule has 0 saturated carbocycles. The van der Waals surface area contributed by atoms with Gasteiger partial charge in [0, 0.05) is 23.9 Å². The Morgan fingerprint density at radius 3 is 2.48 bits per heavy atom. The van der Waals surface area contributed by atoms with Crippen LogP contribution in [0, 0.1) is 29.8 Å². The summed E-state index contributed by atoms with van der Waals surface area (Å²) in [5.74, 6) is -1.83. The highest BCUT2D eigenvalue weighted by Crippen LogP contribution is 2.33. The molecule has 2 aromatic carbocycles. The van der Waals surface area contributed by atoms with Gasteiger partial charge in [-0.2, -0.15) is 0 Å². The van der Waals surface area contributed by atoms with Crippen LogP contribution >= 0.6 is 11.5 Å². The molecule has 172 valence electrons. The van der Waals surface area contributed by atoms with Crippen LogP contribution in [0.15, 0.2) is 42.5 Å². The summed E-state index contributed by atoms with van der Waals surface area (Å²) < 4.78 is 18.3. The van der Waals surface area contributed by atoms with Gasteiger partial charge < -0.3 is 5.32 Å². The third kappa shape index (κ3) is 5.20. The lowest BCUT2D eigenvalue weighted by Crippen LogP contribution is -2.46. The van der Waals surface area contributed by atoms with Crippen LogP contribution in [-0.2, 0) is 4.79 Å². The summed E-state index contributed by atoms with van der Waals surface area (Å²) in [4.78, 5) is 39.4. The van der Waals surface area contributed by atoms with Crippen molar-refractivity contribution in [2.75, 3.05) is 4.90 Å². The second-order valence-corrected chi connectivity index (χ2v) is 8.66. The first-order chi connectivity index (χ1) is 15.6. The molecule has 0 saturated heterocycles. The smallest absolute Gasteiger partial charge is 0.281 e. The van der Waals surface area contributed by atoms with Crippen molar-refractivity contribution in [3.63, 3.8) is 0 Å². The maximum atomic E-state index is 14.5. The van der Waals surface area contributed by atoms with E-state index in [1.807, 2.05) is 0 Å². The number of nitro groups is 1. The highest BCUT2D eigenvalue weighted by Gasteiger charge is 2.36. The molecule has 11 heteroatoms. The quantitative estimate of drug-likeness (QED) is 0.409. The van der Waals surface area contributed by atoms with Crippen LogP contribution < -0.4 is 10.2 Å². The van der Waals surface area contributed by atoms with Crippen LogP contribution in [0.2, 0.25) is 0 Å². The Morgan fingerprint density at radius 2 is 1.91 bits per heavy atom. The fourth-order valence-electron chi connectivity index (χ4n) is 3.25. The number of carbonyl (C=O) groups is 2. The molecule has 0 aliphatic heterocycles. The Kier molecular flexibility index (Phi) is 7.12. The van der Waals surface area contributed by atoms with Crippen molar-refractivity contribution < 1.29 is 18.9 Å².